The number of hydrogen-bond donors (Lipinski definition) is 0. The van der Waals surface area contributed by atoms with Gasteiger partial charge < -0.3 is 0 Å². The third-order valence-electron chi connectivity index (χ3n) is 2.42. The van der Waals surface area contributed by atoms with Crippen LogP contribution in [-0.4, -0.2) is 25.2 Å². The lowest BCUT2D eigenvalue weighted by Crippen LogP contribution is -1.98. The van der Waals surface area contributed by atoms with Crippen LogP contribution in [0.25, 0.3) is 0 Å². The van der Waals surface area contributed by atoms with Gasteiger partial charge in [-0.05, 0) is 47.2 Å². The Hall–Kier alpha value is -1.94. The first-order chi connectivity index (χ1) is 8.36. The van der Waals surface area contributed by atoms with E-state index in [9.17, 15) is 0 Å². The molecule has 17 heavy (non-hydrogen) atoms. The first kappa shape index (κ1) is 10.2. The minimum atomic E-state index is 0.437. The minimum absolute atomic E-state index is 0.437. The van der Waals surface area contributed by atoms with E-state index in [1.165, 1.54) is 11.8 Å². The fourth-order valence-electron chi connectivity index (χ4n) is 1.43. The summed E-state index contributed by atoms with van der Waals surface area (Å²) in [4.78, 5) is 4.19. The van der Waals surface area contributed by atoms with Gasteiger partial charge in [0.25, 0.3) is 0 Å². The number of nitriles is 1. The summed E-state index contributed by atoms with van der Waals surface area (Å²) in [7, 11) is 0. The van der Waals surface area contributed by atoms with Gasteiger partial charge >= 0.3 is 0 Å². The summed E-state index contributed by atoms with van der Waals surface area (Å²) in [6, 6.07) is 5.93. The Morgan fingerprint density at radius 2 is 2.35 bits per heavy atom. The molecule has 84 valence electrons. The first-order valence-corrected chi connectivity index (χ1v) is 6.00. The van der Waals surface area contributed by atoms with Crippen molar-refractivity contribution in [3.05, 3.63) is 23.9 Å². The Morgan fingerprint density at radius 1 is 1.47 bits per heavy atom. The lowest BCUT2D eigenvalue weighted by atomic mass is 10.3. The van der Waals surface area contributed by atoms with E-state index in [0.29, 0.717) is 11.6 Å². The second-order valence-corrected chi connectivity index (χ2v) is 4.72. The highest BCUT2D eigenvalue weighted by Gasteiger charge is 2.28. The van der Waals surface area contributed by atoms with Crippen molar-refractivity contribution in [3.63, 3.8) is 0 Å². The molecule has 1 fully saturated rings. The van der Waals surface area contributed by atoms with E-state index in [0.717, 1.165) is 23.0 Å². The van der Waals surface area contributed by atoms with E-state index in [2.05, 4.69) is 26.6 Å². The van der Waals surface area contributed by atoms with Gasteiger partial charge in [-0.2, -0.15) is 5.26 Å². The highest BCUT2D eigenvalue weighted by atomic mass is 32.2. The molecular formula is C10H8N6S. The Bertz CT molecular complexity index is 582. The van der Waals surface area contributed by atoms with Crippen LogP contribution < -0.4 is 0 Å². The Balaban J connectivity index is 1.86. The maximum absolute atomic E-state index is 8.81. The Kier molecular flexibility index (Phi) is 2.49. The normalized spacial score (nSPS) is 14.5. The summed E-state index contributed by atoms with van der Waals surface area (Å²) < 4.78 is 1.82. The zero-order chi connectivity index (χ0) is 11.7. The van der Waals surface area contributed by atoms with Crippen molar-refractivity contribution in [1.82, 2.24) is 25.2 Å². The van der Waals surface area contributed by atoms with Gasteiger partial charge in [0.15, 0.2) is 0 Å². The molecule has 2 aromatic heterocycles. The van der Waals surface area contributed by atoms with E-state index >= 15 is 0 Å². The van der Waals surface area contributed by atoms with Crippen LogP contribution in [0.4, 0.5) is 0 Å². The quantitative estimate of drug-likeness (QED) is 0.812. The van der Waals surface area contributed by atoms with Crippen molar-refractivity contribution in [1.29, 1.82) is 5.26 Å². The topological polar surface area (TPSA) is 80.3 Å². The molecule has 3 rings (SSSR count). The smallest absolute Gasteiger partial charge is 0.215 e. The molecule has 0 atom stereocenters. The predicted octanol–water partition coefficient (Wildman–Crippen LogP) is 1.43. The van der Waals surface area contributed by atoms with Gasteiger partial charge in [0.05, 0.1) is 17.7 Å². The fourth-order valence-corrected chi connectivity index (χ4v) is 2.27. The standard InChI is InChI=1S/C10H8N6S/c11-6-7-3-4-12-9(5-7)17-10-13-14-15-16(10)8-1-2-8/h3-5,8H,1-2H2. The number of nitrogens with zero attached hydrogens (tertiary/aromatic N) is 6. The monoisotopic (exact) mass is 244 g/mol. The maximum atomic E-state index is 8.81. The SMILES string of the molecule is N#Cc1ccnc(Sc2nnnn2C2CC2)c1. The molecule has 0 aromatic carbocycles. The summed E-state index contributed by atoms with van der Waals surface area (Å²) >= 11 is 1.38. The van der Waals surface area contributed by atoms with Crippen molar-refractivity contribution in [2.75, 3.05) is 0 Å². The molecule has 0 amide bonds. The molecule has 0 saturated heterocycles. The Labute approximate surface area is 102 Å². The molecule has 0 radical (unpaired) electrons. The second kappa shape index (κ2) is 4.14. The molecular weight excluding hydrogens is 236 g/mol. The molecule has 7 heteroatoms. The third kappa shape index (κ3) is 2.12. The molecule has 0 spiro atoms. The first-order valence-electron chi connectivity index (χ1n) is 5.18. The van der Waals surface area contributed by atoms with Crippen molar-refractivity contribution < 1.29 is 0 Å². The van der Waals surface area contributed by atoms with Crippen LogP contribution in [0.15, 0.2) is 28.5 Å². The molecule has 1 aliphatic carbocycles. The molecule has 0 N–H and O–H groups in total. The zero-order valence-corrected chi connectivity index (χ0v) is 9.63. The van der Waals surface area contributed by atoms with Gasteiger partial charge in [-0.3, -0.25) is 0 Å². The molecule has 6 nitrogen and oxygen atoms in total. The van der Waals surface area contributed by atoms with Gasteiger partial charge in [0.2, 0.25) is 5.16 Å². The molecule has 2 heterocycles. The maximum Gasteiger partial charge on any atom is 0.215 e. The van der Waals surface area contributed by atoms with Crippen molar-refractivity contribution in [2.45, 2.75) is 29.1 Å². The van der Waals surface area contributed by atoms with Crippen LogP contribution in [0.2, 0.25) is 0 Å². The molecule has 1 saturated carbocycles. The molecule has 0 bridgehead atoms. The largest absolute Gasteiger partial charge is 0.249 e. The van der Waals surface area contributed by atoms with Gasteiger partial charge in [0.1, 0.15) is 5.03 Å². The van der Waals surface area contributed by atoms with Gasteiger partial charge in [0, 0.05) is 6.20 Å². The molecule has 0 unspecified atom stereocenters. The number of pyridine rings is 1. The van der Waals surface area contributed by atoms with E-state index in [1.807, 2.05) is 4.68 Å². The summed E-state index contributed by atoms with van der Waals surface area (Å²) in [5.74, 6) is 0. The fraction of sp³-hybridized carbons (Fsp3) is 0.300. The predicted molar refractivity (Wildman–Crippen MR) is 59.2 cm³/mol. The van der Waals surface area contributed by atoms with Gasteiger partial charge in [-0.1, -0.05) is 0 Å². The van der Waals surface area contributed by atoms with Crippen LogP contribution >= 0.6 is 11.8 Å². The number of hydrogen-bond acceptors (Lipinski definition) is 6. The van der Waals surface area contributed by atoms with Crippen molar-refractivity contribution in [3.8, 4) is 6.07 Å². The average Bonchev–Trinajstić information content (AvgIpc) is 3.11. The van der Waals surface area contributed by atoms with Crippen molar-refractivity contribution in [2.24, 2.45) is 0 Å². The van der Waals surface area contributed by atoms with Crippen LogP contribution in [0.1, 0.15) is 24.4 Å². The average molecular weight is 244 g/mol. The molecule has 0 aliphatic heterocycles. The lowest BCUT2D eigenvalue weighted by molar-refractivity contribution is 0.565. The summed E-state index contributed by atoms with van der Waals surface area (Å²) in [5.41, 5.74) is 0.591. The van der Waals surface area contributed by atoms with Gasteiger partial charge in [-0.25, -0.2) is 9.67 Å². The van der Waals surface area contributed by atoms with Crippen LogP contribution in [0.5, 0.6) is 0 Å². The highest BCUT2D eigenvalue weighted by molar-refractivity contribution is 7.99. The van der Waals surface area contributed by atoms with E-state index in [-0.39, 0.29) is 0 Å². The summed E-state index contributed by atoms with van der Waals surface area (Å²) in [6.07, 6.45) is 3.88. The molecule has 1 aliphatic rings. The summed E-state index contributed by atoms with van der Waals surface area (Å²) in [5, 5.41) is 21.9. The van der Waals surface area contributed by atoms with Crippen LogP contribution in [-0.2, 0) is 0 Å². The third-order valence-corrected chi connectivity index (χ3v) is 3.30. The number of aromatic nitrogens is 5. The molecule has 2 aromatic rings. The van der Waals surface area contributed by atoms with E-state index in [1.54, 1.807) is 18.3 Å². The lowest BCUT2D eigenvalue weighted by Gasteiger charge is -2.01. The van der Waals surface area contributed by atoms with Crippen LogP contribution in [0.3, 0.4) is 0 Å². The minimum Gasteiger partial charge on any atom is -0.249 e. The second-order valence-electron chi connectivity index (χ2n) is 3.73. The zero-order valence-electron chi connectivity index (χ0n) is 8.82. The highest BCUT2D eigenvalue weighted by Crippen LogP contribution is 2.37. The van der Waals surface area contributed by atoms with Gasteiger partial charge in [-0.15, -0.1) is 5.10 Å². The van der Waals surface area contributed by atoms with Crippen molar-refractivity contribution >= 4 is 11.8 Å². The van der Waals surface area contributed by atoms with E-state index < -0.39 is 0 Å². The van der Waals surface area contributed by atoms with Crippen LogP contribution in [0, 0.1) is 11.3 Å². The number of tetrazole rings is 1. The summed E-state index contributed by atoms with van der Waals surface area (Å²) in [6.45, 7) is 0. The number of rotatable bonds is 3. The Morgan fingerprint density at radius 3 is 3.12 bits per heavy atom. The van der Waals surface area contributed by atoms with E-state index in [4.69, 9.17) is 5.26 Å².